The van der Waals surface area contributed by atoms with Crippen molar-refractivity contribution in [3.05, 3.63) is 145 Å². The largest absolute Gasteiger partial charge is 0.456 e. The lowest BCUT2D eigenvalue weighted by Gasteiger charge is -2.17. The predicted octanol–water partition coefficient (Wildman–Crippen LogP) is 11.6. The summed E-state index contributed by atoms with van der Waals surface area (Å²) in [5, 5.41) is 2.71. The molecular weight excluding hydrogens is 512 g/mol. The van der Waals surface area contributed by atoms with E-state index in [-0.39, 0.29) is 57.0 Å². The molecule has 0 aliphatic carbocycles. The van der Waals surface area contributed by atoms with Crippen LogP contribution in [0.25, 0.3) is 88.0 Å². The highest BCUT2D eigenvalue weighted by Gasteiger charge is 2.25. The second-order valence-corrected chi connectivity index (χ2v) is 10.2. The Balaban J connectivity index is 1.62. The fraction of sp³-hybridized carbons (Fsp3) is 0. The summed E-state index contributed by atoms with van der Waals surface area (Å²) in [6.45, 7) is 0. The fourth-order valence-electron chi connectivity index (χ4n) is 6.18. The molecule has 0 fully saturated rings. The zero-order valence-electron chi connectivity index (χ0n) is 30.1. The normalized spacial score (nSPS) is 14.5. The van der Waals surface area contributed by atoms with Crippen molar-refractivity contribution in [2.45, 2.75) is 0 Å². The van der Waals surface area contributed by atoms with Gasteiger partial charge in [0, 0.05) is 21.9 Å². The number of rotatable bonds is 3. The Morgan fingerprint density at radius 3 is 1.60 bits per heavy atom. The molecule has 0 bridgehead atoms. The second kappa shape index (κ2) is 8.95. The Labute approximate surface area is 253 Å². The fourth-order valence-corrected chi connectivity index (χ4v) is 6.18. The first-order chi connectivity index (χ1) is 24.2. The highest BCUT2D eigenvalue weighted by Crippen LogP contribution is 2.50. The lowest BCUT2D eigenvalue weighted by atomic mass is 9.86. The van der Waals surface area contributed by atoms with Gasteiger partial charge in [0.1, 0.15) is 22.5 Å². The summed E-state index contributed by atoms with van der Waals surface area (Å²) in [4.78, 5) is 0. The molecule has 0 radical (unpaired) electrons. The van der Waals surface area contributed by atoms with Gasteiger partial charge in [-0.2, -0.15) is 0 Å². The molecule has 0 amide bonds. The number of para-hydroxylation sites is 1. The van der Waals surface area contributed by atoms with E-state index in [0.29, 0.717) is 38.8 Å². The van der Waals surface area contributed by atoms with Gasteiger partial charge in [0.05, 0.1) is 16.4 Å². The van der Waals surface area contributed by atoms with Gasteiger partial charge in [-0.05, 0) is 56.4 Å². The van der Waals surface area contributed by atoms with Crippen LogP contribution in [-0.2, 0) is 0 Å². The number of furan rings is 2. The first kappa shape index (κ1) is 16.6. The van der Waals surface area contributed by atoms with E-state index in [1.807, 2.05) is 72.8 Å². The maximum atomic E-state index is 9.35. The van der Waals surface area contributed by atoms with Crippen LogP contribution in [0.3, 0.4) is 0 Å². The van der Waals surface area contributed by atoms with Crippen LogP contribution in [0.5, 0.6) is 0 Å². The zero-order valence-corrected chi connectivity index (χ0v) is 22.1. The van der Waals surface area contributed by atoms with Gasteiger partial charge in [-0.3, -0.25) is 0 Å². The molecule has 2 heteroatoms. The van der Waals surface area contributed by atoms with Crippen LogP contribution in [0.15, 0.2) is 154 Å². The van der Waals surface area contributed by atoms with Crippen LogP contribution in [0, 0.1) is 0 Å². The van der Waals surface area contributed by atoms with Gasteiger partial charge in [0.25, 0.3) is 0 Å². The van der Waals surface area contributed by atoms with Crippen LogP contribution >= 0.6 is 0 Å². The summed E-state index contributed by atoms with van der Waals surface area (Å²) < 4.78 is 85.4. The van der Waals surface area contributed by atoms with Crippen molar-refractivity contribution in [2.24, 2.45) is 0 Å². The first-order valence-corrected chi connectivity index (χ1v) is 13.6. The highest BCUT2D eigenvalue weighted by atomic mass is 16.3. The lowest BCUT2D eigenvalue weighted by Crippen LogP contribution is -1.91. The van der Waals surface area contributed by atoms with E-state index in [9.17, 15) is 5.48 Å². The SMILES string of the molecule is [2H]c1c([2H])c([2H])c2c(-c3oc4c(ccc5oc6ccccc6c54)c3-c3ccccc3)c3c([2H])c([2H])c([2H])c([2H])c3c(-c3ccccc3)c2c1[2H]. The van der Waals surface area contributed by atoms with Crippen molar-refractivity contribution >= 4 is 54.5 Å². The Morgan fingerprint density at radius 1 is 0.405 bits per heavy atom. The molecule has 2 nitrogen and oxygen atoms in total. The molecule has 2 aromatic heterocycles. The monoisotopic (exact) mass is 544 g/mol. The van der Waals surface area contributed by atoms with Crippen molar-refractivity contribution in [3.63, 3.8) is 0 Å². The Morgan fingerprint density at radius 2 is 0.952 bits per heavy atom. The smallest absolute Gasteiger partial charge is 0.147 e. The maximum Gasteiger partial charge on any atom is 0.147 e. The Hall–Kier alpha value is -5.60. The van der Waals surface area contributed by atoms with E-state index in [1.54, 1.807) is 24.3 Å². The molecule has 7 aromatic carbocycles. The predicted molar refractivity (Wildman–Crippen MR) is 175 cm³/mol. The van der Waals surface area contributed by atoms with Gasteiger partial charge in [-0.1, -0.05) is 127 Å². The summed E-state index contributed by atoms with van der Waals surface area (Å²) in [7, 11) is 0. The van der Waals surface area contributed by atoms with E-state index in [0.717, 1.165) is 16.3 Å². The molecule has 0 saturated heterocycles. The minimum atomic E-state index is -0.469. The van der Waals surface area contributed by atoms with E-state index in [4.69, 9.17) is 14.3 Å². The van der Waals surface area contributed by atoms with Gasteiger partial charge in [0.15, 0.2) is 0 Å². The summed E-state index contributed by atoms with van der Waals surface area (Å²) in [5.41, 5.74) is 4.10. The van der Waals surface area contributed by atoms with E-state index in [1.165, 1.54) is 0 Å². The maximum absolute atomic E-state index is 9.35. The van der Waals surface area contributed by atoms with Crippen LogP contribution in [0.1, 0.15) is 11.0 Å². The summed E-state index contributed by atoms with van der Waals surface area (Å²) >= 11 is 0. The van der Waals surface area contributed by atoms with Crippen LogP contribution in [0.2, 0.25) is 0 Å². The van der Waals surface area contributed by atoms with Crippen LogP contribution < -0.4 is 0 Å². The number of hydrogen-bond donors (Lipinski definition) is 0. The van der Waals surface area contributed by atoms with Gasteiger partial charge < -0.3 is 8.83 Å². The van der Waals surface area contributed by atoms with Crippen LogP contribution in [-0.4, -0.2) is 0 Å². The minimum Gasteiger partial charge on any atom is -0.456 e. The number of hydrogen-bond acceptors (Lipinski definition) is 2. The van der Waals surface area contributed by atoms with Gasteiger partial charge >= 0.3 is 0 Å². The first-order valence-electron chi connectivity index (χ1n) is 17.6. The Bertz CT molecular complexity index is 2810. The third kappa shape index (κ3) is 3.27. The third-order valence-corrected chi connectivity index (χ3v) is 7.92. The lowest BCUT2D eigenvalue weighted by molar-refractivity contribution is 0.636. The second-order valence-electron chi connectivity index (χ2n) is 10.2. The van der Waals surface area contributed by atoms with Crippen molar-refractivity contribution in [1.29, 1.82) is 0 Å². The summed E-state index contributed by atoms with van der Waals surface area (Å²) in [5.74, 6) is 0.216. The molecule has 0 spiro atoms. The average molecular weight is 545 g/mol. The molecule has 0 unspecified atom stereocenters. The standard InChI is InChI=1S/C40H24O2/c1-3-13-25(14-4-1)35-27-17-7-9-19-29(27)37(30-20-10-8-18-28(30)35)40-36(26-15-5-2-6-16-26)32-23-24-34-38(39(32)42-40)31-21-11-12-22-33(31)41-34/h1-24H/i7D,8D,9D,10D,17D,18D,19D,20D. The molecule has 9 aromatic rings. The molecule has 0 aliphatic rings. The molecule has 42 heavy (non-hydrogen) atoms. The van der Waals surface area contributed by atoms with Crippen molar-refractivity contribution < 1.29 is 19.8 Å². The zero-order chi connectivity index (χ0) is 34.6. The Kier molecular flexibility index (Phi) is 3.54. The van der Waals surface area contributed by atoms with Gasteiger partial charge in [0.2, 0.25) is 0 Å². The number of fused-ring (bicyclic) bond motifs is 7. The van der Waals surface area contributed by atoms with Crippen molar-refractivity contribution in [3.8, 4) is 33.6 Å². The third-order valence-electron chi connectivity index (χ3n) is 7.92. The number of benzene rings is 7. The summed E-state index contributed by atoms with van der Waals surface area (Å²) in [6.07, 6.45) is 0. The molecule has 9 rings (SSSR count). The van der Waals surface area contributed by atoms with Crippen LogP contribution in [0.4, 0.5) is 0 Å². The molecule has 2 heterocycles. The highest BCUT2D eigenvalue weighted by molar-refractivity contribution is 6.25. The van der Waals surface area contributed by atoms with Gasteiger partial charge in [-0.25, -0.2) is 0 Å². The molecule has 196 valence electrons. The minimum absolute atomic E-state index is 0.0944. The van der Waals surface area contributed by atoms with E-state index < -0.39 is 24.2 Å². The molecule has 0 saturated carbocycles. The molecule has 0 aliphatic heterocycles. The molecule has 0 atom stereocenters. The van der Waals surface area contributed by atoms with E-state index >= 15 is 0 Å². The molecular formula is C40H24O2. The topological polar surface area (TPSA) is 26.3 Å². The molecule has 0 N–H and O–H groups in total. The van der Waals surface area contributed by atoms with Crippen molar-refractivity contribution in [2.75, 3.05) is 0 Å². The average Bonchev–Trinajstić information content (AvgIpc) is 3.72. The summed E-state index contributed by atoms with van der Waals surface area (Å²) in [6, 6.07) is 26.6. The quantitative estimate of drug-likeness (QED) is 0.207. The van der Waals surface area contributed by atoms with Crippen molar-refractivity contribution in [1.82, 2.24) is 0 Å². The van der Waals surface area contributed by atoms with Gasteiger partial charge in [-0.15, -0.1) is 0 Å². The van der Waals surface area contributed by atoms with E-state index in [2.05, 4.69) is 0 Å².